The second-order valence-electron chi connectivity index (χ2n) is 5.06. The van der Waals surface area contributed by atoms with Gasteiger partial charge in [-0.1, -0.05) is 30.3 Å². The van der Waals surface area contributed by atoms with E-state index in [0.29, 0.717) is 6.04 Å². The number of aromatic nitrogens is 2. The third-order valence-electron chi connectivity index (χ3n) is 3.32. The van der Waals surface area contributed by atoms with E-state index in [1.54, 1.807) is 0 Å². The first-order valence-corrected chi connectivity index (χ1v) is 7.03. The van der Waals surface area contributed by atoms with E-state index >= 15 is 0 Å². The zero-order valence-electron chi connectivity index (χ0n) is 12.1. The van der Waals surface area contributed by atoms with Crippen LogP contribution in [0, 0.1) is 6.92 Å². The molecule has 3 heteroatoms. The third-order valence-corrected chi connectivity index (χ3v) is 3.32. The van der Waals surface area contributed by atoms with Gasteiger partial charge in [0.1, 0.15) is 0 Å². The minimum atomic E-state index is 0.423. The van der Waals surface area contributed by atoms with Crippen LogP contribution < -0.4 is 5.32 Å². The van der Waals surface area contributed by atoms with Crippen molar-refractivity contribution in [3.05, 3.63) is 47.8 Å². The van der Waals surface area contributed by atoms with Crippen molar-refractivity contribution in [3.63, 3.8) is 0 Å². The van der Waals surface area contributed by atoms with Crippen LogP contribution in [0.1, 0.15) is 31.5 Å². The van der Waals surface area contributed by atoms with Gasteiger partial charge in [0, 0.05) is 18.8 Å². The van der Waals surface area contributed by atoms with E-state index in [9.17, 15) is 0 Å². The van der Waals surface area contributed by atoms with Gasteiger partial charge in [0.25, 0.3) is 0 Å². The van der Waals surface area contributed by atoms with Crippen molar-refractivity contribution in [1.82, 2.24) is 9.55 Å². The van der Waals surface area contributed by atoms with Crippen molar-refractivity contribution >= 4 is 5.95 Å². The highest BCUT2D eigenvalue weighted by molar-refractivity contribution is 5.30. The summed E-state index contributed by atoms with van der Waals surface area (Å²) in [4.78, 5) is 4.53. The summed E-state index contributed by atoms with van der Waals surface area (Å²) >= 11 is 0. The van der Waals surface area contributed by atoms with Crippen molar-refractivity contribution in [3.8, 4) is 0 Å². The molecule has 1 aromatic heterocycles. The molecule has 0 radical (unpaired) electrons. The van der Waals surface area contributed by atoms with Crippen LogP contribution in [0.3, 0.4) is 0 Å². The fourth-order valence-corrected chi connectivity index (χ4v) is 2.22. The highest BCUT2D eigenvalue weighted by atomic mass is 15.2. The summed E-state index contributed by atoms with van der Waals surface area (Å²) in [5.41, 5.74) is 2.46. The molecule has 0 saturated heterocycles. The van der Waals surface area contributed by atoms with Crippen LogP contribution >= 0.6 is 0 Å². The van der Waals surface area contributed by atoms with Gasteiger partial charge in [-0.15, -0.1) is 0 Å². The lowest BCUT2D eigenvalue weighted by Gasteiger charge is -2.15. The van der Waals surface area contributed by atoms with Crippen LogP contribution in [0.5, 0.6) is 0 Å². The third kappa shape index (κ3) is 3.85. The Kier molecular flexibility index (Phi) is 4.61. The summed E-state index contributed by atoms with van der Waals surface area (Å²) in [6, 6.07) is 11.0. The number of anilines is 1. The smallest absolute Gasteiger partial charge is 0.203 e. The lowest BCUT2D eigenvalue weighted by atomic mass is 10.1. The minimum Gasteiger partial charge on any atom is -0.353 e. The lowest BCUT2D eigenvalue weighted by Crippen LogP contribution is -2.19. The van der Waals surface area contributed by atoms with Crippen LogP contribution in [0.15, 0.2) is 36.5 Å². The first kappa shape index (κ1) is 13.7. The van der Waals surface area contributed by atoms with E-state index in [0.717, 1.165) is 31.0 Å². The largest absolute Gasteiger partial charge is 0.353 e. The molecule has 1 unspecified atom stereocenters. The Morgan fingerprint density at radius 3 is 2.68 bits per heavy atom. The molecule has 19 heavy (non-hydrogen) atoms. The molecule has 0 saturated carbocycles. The molecule has 0 amide bonds. The number of nitrogens with zero attached hydrogens (tertiary/aromatic N) is 2. The Bertz CT molecular complexity index is 502. The molecular formula is C16H23N3. The van der Waals surface area contributed by atoms with Crippen molar-refractivity contribution in [2.45, 2.75) is 46.2 Å². The summed E-state index contributed by atoms with van der Waals surface area (Å²) in [6.45, 7) is 7.34. The van der Waals surface area contributed by atoms with E-state index in [4.69, 9.17) is 0 Å². The number of imidazole rings is 1. The Morgan fingerprint density at radius 1 is 1.26 bits per heavy atom. The monoisotopic (exact) mass is 257 g/mol. The number of nitrogens with one attached hydrogen (secondary N) is 1. The molecule has 1 N–H and O–H groups in total. The van der Waals surface area contributed by atoms with Crippen LogP contribution in [0.4, 0.5) is 5.95 Å². The quantitative estimate of drug-likeness (QED) is 0.856. The van der Waals surface area contributed by atoms with Crippen LogP contribution in [-0.4, -0.2) is 15.6 Å². The summed E-state index contributed by atoms with van der Waals surface area (Å²) in [5.74, 6) is 0.987. The highest BCUT2D eigenvalue weighted by Gasteiger charge is 2.08. The minimum absolute atomic E-state index is 0.423. The van der Waals surface area contributed by atoms with E-state index in [1.807, 2.05) is 6.92 Å². The van der Waals surface area contributed by atoms with Gasteiger partial charge >= 0.3 is 0 Å². The summed E-state index contributed by atoms with van der Waals surface area (Å²) in [6.07, 6.45) is 4.30. The molecule has 0 bridgehead atoms. The SMILES string of the molecule is CCn1cc(C)nc1NC(C)CCc1ccccc1. The van der Waals surface area contributed by atoms with Gasteiger partial charge in [-0.05, 0) is 39.2 Å². The molecule has 0 aliphatic carbocycles. The first-order chi connectivity index (χ1) is 9.19. The topological polar surface area (TPSA) is 29.9 Å². The van der Waals surface area contributed by atoms with E-state index in [1.165, 1.54) is 5.56 Å². The van der Waals surface area contributed by atoms with Crippen LogP contribution in [-0.2, 0) is 13.0 Å². The first-order valence-electron chi connectivity index (χ1n) is 7.03. The number of hydrogen-bond acceptors (Lipinski definition) is 2. The summed E-state index contributed by atoms with van der Waals surface area (Å²) in [5, 5.41) is 3.50. The predicted octanol–water partition coefficient (Wildman–Crippen LogP) is 3.64. The maximum atomic E-state index is 4.53. The fraction of sp³-hybridized carbons (Fsp3) is 0.438. The number of benzene rings is 1. The van der Waals surface area contributed by atoms with Crippen LogP contribution in [0.2, 0.25) is 0 Å². The Balaban J connectivity index is 1.88. The molecule has 2 aromatic rings. The Morgan fingerprint density at radius 2 is 2.00 bits per heavy atom. The maximum absolute atomic E-state index is 4.53. The second-order valence-corrected chi connectivity index (χ2v) is 5.06. The van der Waals surface area contributed by atoms with Gasteiger partial charge < -0.3 is 9.88 Å². The van der Waals surface area contributed by atoms with Gasteiger partial charge in [-0.2, -0.15) is 0 Å². The normalized spacial score (nSPS) is 12.4. The molecule has 3 nitrogen and oxygen atoms in total. The van der Waals surface area contributed by atoms with Gasteiger partial charge in [0.2, 0.25) is 5.95 Å². The molecule has 0 aliphatic rings. The number of hydrogen-bond donors (Lipinski definition) is 1. The Labute approximate surface area is 115 Å². The van der Waals surface area contributed by atoms with Crippen molar-refractivity contribution in [1.29, 1.82) is 0 Å². The standard InChI is InChI=1S/C16H23N3/c1-4-19-12-14(3)18-16(19)17-13(2)10-11-15-8-6-5-7-9-15/h5-9,12-13H,4,10-11H2,1-3H3,(H,17,18). The molecule has 0 fully saturated rings. The molecule has 102 valence electrons. The van der Waals surface area contributed by atoms with Gasteiger partial charge in [0.15, 0.2) is 0 Å². The molecule has 1 heterocycles. The number of rotatable bonds is 6. The molecule has 0 aliphatic heterocycles. The van der Waals surface area contributed by atoms with Gasteiger partial charge in [-0.3, -0.25) is 0 Å². The predicted molar refractivity (Wildman–Crippen MR) is 80.5 cm³/mol. The van der Waals surface area contributed by atoms with Crippen LogP contribution in [0.25, 0.3) is 0 Å². The molecular weight excluding hydrogens is 234 g/mol. The van der Waals surface area contributed by atoms with Crippen molar-refractivity contribution in [2.75, 3.05) is 5.32 Å². The average molecular weight is 257 g/mol. The lowest BCUT2D eigenvalue weighted by molar-refractivity contribution is 0.679. The Hall–Kier alpha value is -1.77. The van der Waals surface area contributed by atoms with E-state index < -0.39 is 0 Å². The second kappa shape index (κ2) is 6.41. The molecule has 1 aromatic carbocycles. The molecule has 1 atom stereocenters. The fourth-order valence-electron chi connectivity index (χ4n) is 2.22. The highest BCUT2D eigenvalue weighted by Crippen LogP contribution is 2.12. The van der Waals surface area contributed by atoms with Gasteiger partial charge in [-0.25, -0.2) is 4.98 Å². The molecule has 2 rings (SSSR count). The summed E-state index contributed by atoms with van der Waals surface area (Å²) < 4.78 is 2.16. The molecule has 0 spiro atoms. The van der Waals surface area contributed by atoms with Crippen molar-refractivity contribution in [2.24, 2.45) is 0 Å². The average Bonchev–Trinajstić information content (AvgIpc) is 2.77. The van der Waals surface area contributed by atoms with Gasteiger partial charge in [0.05, 0.1) is 5.69 Å². The number of aryl methyl sites for hydroxylation is 3. The maximum Gasteiger partial charge on any atom is 0.203 e. The zero-order chi connectivity index (χ0) is 13.7. The summed E-state index contributed by atoms with van der Waals surface area (Å²) in [7, 11) is 0. The zero-order valence-corrected chi connectivity index (χ0v) is 12.1. The van der Waals surface area contributed by atoms with E-state index in [2.05, 4.69) is 65.2 Å². The van der Waals surface area contributed by atoms with Crippen molar-refractivity contribution < 1.29 is 0 Å². The van der Waals surface area contributed by atoms with E-state index in [-0.39, 0.29) is 0 Å².